The summed E-state index contributed by atoms with van der Waals surface area (Å²) in [6.07, 6.45) is 0. The Bertz CT molecular complexity index is 3890. The largest absolute Gasteiger partial charge is 0.226 e. The van der Waals surface area contributed by atoms with E-state index < -0.39 is 0 Å². The van der Waals surface area contributed by atoms with Crippen LogP contribution in [0.3, 0.4) is 0 Å². The summed E-state index contributed by atoms with van der Waals surface area (Å²) in [5.41, 5.74) is 14.3. The zero-order valence-electron chi connectivity index (χ0n) is 39.8. The Morgan fingerprint density at radius 2 is 0.324 bits per heavy atom. The van der Waals surface area contributed by atoms with Crippen LogP contribution in [0.2, 0.25) is 0 Å². The van der Waals surface area contributed by atoms with Gasteiger partial charge in [0.25, 0.3) is 0 Å². The van der Waals surface area contributed by atoms with Gasteiger partial charge >= 0.3 is 0 Å². The molecule has 0 spiro atoms. The first kappa shape index (κ1) is 43.8. The Labute approximate surface area is 427 Å². The molecule has 0 aliphatic carbocycles. The first-order chi connectivity index (χ1) is 36.7. The van der Waals surface area contributed by atoms with Crippen LogP contribution < -0.4 is 20.9 Å². The van der Waals surface area contributed by atoms with Gasteiger partial charge in [-0.2, -0.15) is 0 Å². The molecule has 0 saturated heterocycles. The standard InChI is InChI=1S/C66H42N8/c1-7-19-43(20-8-1)55-59(71-63(67-55)51-27-15-5-16-28-51)47-31-35-49(36-32-47)61-57(45-23-11-3-12-24-45)69-65(73-61)53-39-41-54(42-40-53)66-70-58(46-25-13-4-14-26-46)62(74-66)50-37-33-48(34-38-50)60-56(44-21-9-2-10-22-44)68-64(72-60)52-29-17-6-18-30-52/h1-42H. The molecular formula is C66H42N8. The molecule has 4 heterocycles. The molecule has 4 aliphatic rings. The van der Waals surface area contributed by atoms with E-state index in [1.807, 2.05) is 133 Å². The minimum absolute atomic E-state index is 0.630. The number of rotatable bonds is 8. The Morgan fingerprint density at radius 3 is 0.527 bits per heavy atom. The van der Waals surface area contributed by atoms with Crippen LogP contribution in [0.4, 0.5) is 0 Å². The Balaban J connectivity index is 0.860. The predicted octanol–water partition coefficient (Wildman–Crippen LogP) is 9.92. The van der Waals surface area contributed by atoms with Crippen LogP contribution in [0, 0.1) is 0 Å². The molecule has 346 valence electrons. The maximum absolute atomic E-state index is 5.23. The smallest absolute Gasteiger partial charge is 0.160 e. The molecule has 9 aromatic carbocycles. The highest BCUT2D eigenvalue weighted by Crippen LogP contribution is 2.26. The average molecular weight is 947 g/mol. The van der Waals surface area contributed by atoms with Gasteiger partial charge in [-0.05, 0) is 0 Å². The SMILES string of the molecule is c1ccc(C2=NC(=c3ccc(=C4N=C(c5ccc(C6=NC(=c7ccc(=C8N=C(c9ccccc9)N=C8c8ccccc8)cc7)C(c7ccccc7)=N6)cc5)N=C4c4ccccc4)cc3)C(c3ccccc3)=N2)cc1. The van der Waals surface area contributed by atoms with E-state index in [1.165, 1.54) is 0 Å². The summed E-state index contributed by atoms with van der Waals surface area (Å²) in [7, 11) is 0. The number of benzene rings is 9. The molecule has 8 heteroatoms. The molecule has 0 unspecified atom stereocenters. The quantitative estimate of drug-likeness (QED) is 0.145. The first-order valence-corrected chi connectivity index (χ1v) is 24.5. The van der Waals surface area contributed by atoms with Crippen LogP contribution in [0.15, 0.2) is 295 Å². The predicted molar refractivity (Wildman–Crippen MR) is 302 cm³/mol. The van der Waals surface area contributed by atoms with Gasteiger partial charge in [-0.15, -0.1) is 0 Å². The van der Waals surface area contributed by atoms with Crippen molar-refractivity contribution in [1.29, 1.82) is 0 Å². The van der Waals surface area contributed by atoms with Crippen molar-refractivity contribution >= 4 is 69.0 Å². The monoisotopic (exact) mass is 946 g/mol. The number of nitrogens with zero attached hydrogens (tertiary/aromatic N) is 8. The molecular weight excluding hydrogens is 905 g/mol. The van der Waals surface area contributed by atoms with E-state index >= 15 is 0 Å². The number of amidine groups is 4. The van der Waals surface area contributed by atoms with Gasteiger partial charge in [0.05, 0.1) is 45.6 Å². The fourth-order valence-electron chi connectivity index (χ4n) is 9.40. The highest BCUT2D eigenvalue weighted by atomic mass is 15.0. The summed E-state index contributed by atoms with van der Waals surface area (Å²) < 4.78 is 0. The van der Waals surface area contributed by atoms with Crippen molar-refractivity contribution in [3.63, 3.8) is 0 Å². The number of hydrogen-bond donors (Lipinski definition) is 0. The highest BCUT2D eigenvalue weighted by Gasteiger charge is 2.25. The maximum Gasteiger partial charge on any atom is 0.160 e. The summed E-state index contributed by atoms with van der Waals surface area (Å²) in [5.74, 6) is 2.65. The number of hydrogen-bond acceptors (Lipinski definition) is 8. The molecule has 0 fully saturated rings. The first-order valence-electron chi connectivity index (χ1n) is 24.5. The van der Waals surface area contributed by atoms with E-state index in [0.717, 1.165) is 111 Å². The fraction of sp³-hybridized carbons (Fsp3) is 0. The lowest BCUT2D eigenvalue weighted by molar-refractivity contribution is 1.46. The van der Waals surface area contributed by atoms with E-state index in [2.05, 4.69) is 121 Å². The summed E-state index contributed by atoms with van der Waals surface area (Å²) in [6.45, 7) is 0. The van der Waals surface area contributed by atoms with Crippen LogP contribution in [-0.4, -0.2) is 46.2 Å². The molecule has 74 heavy (non-hydrogen) atoms. The molecule has 0 bridgehead atoms. The van der Waals surface area contributed by atoms with Crippen LogP contribution >= 0.6 is 0 Å². The van der Waals surface area contributed by atoms with Crippen molar-refractivity contribution in [2.75, 3.05) is 0 Å². The number of aliphatic imine (C=N–C) groups is 8. The highest BCUT2D eigenvalue weighted by molar-refractivity contribution is 6.38. The van der Waals surface area contributed by atoms with Crippen molar-refractivity contribution in [2.24, 2.45) is 39.9 Å². The van der Waals surface area contributed by atoms with Crippen molar-refractivity contribution in [3.05, 3.63) is 320 Å². The van der Waals surface area contributed by atoms with Crippen molar-refractivity contribution in [1.82, 2.24) is 0 Å². The normalized spacial score (nSPS) is 15.0. The van der Waals surface area contributed by atoms with Crippen molar-refractivity contribution < 1.29 is 0 Å². The minimum atomic E-state index is 0.630. The molecule has 0 amide bonds. The summed E-state index contributed by atoms with van der Waals surface area (Å²) in [5, 5.41) is 3.82. The van der Waals surface area contributed by atoms with Gasteiger partial charge in [-0.1, -0.05) is 255 Å². The molecule has 0 saturated carbocycles. The molecule has 8 nitrogen and oxygen atoms in total. The summed E-state index contributed by atoms with van der Waals surface area (Å²) in [4.78, 5) is 41.1. The van der Waals surface area contributed by atoms with Gasteiger partial charge in [0.15, 0.2) is 23.3 Å². The van der Waals surface area contributed by atoms with E-state index in [4.69, 9.17) is 39.9 Å². The Hall–Kier alpha value is -10.2. The Morgan fingerprint density at radius 1 is 0.149 bits per heavy atom. The zero-order chi connectivity index (χ0) is 49.2. The second-order valence-electron chi connectivity index (χ2n) is 17.9. The van der Waals surface area contributed by atoms with Crippen LogP contribution in [-0.2, 0) is 0 Å². The lowest BCUT2D eigenvalue weighted by atomic mass is 10.0. The summed E-state index contributed by atoms with van der Waals surface area (Å²) in [6, 6.07) is 86.2. The average Bonchev–Trinajstić information content (AvgIpc) is 4.33. The molecule has 13 rings (SSSR count). The van der Waals surface area contributed by atoms with E-state index in [9.17, 15) is 0 Å². The van der Waals surface area contributed by atoms with Crippen LogP contribution in [0.25, 0.3) is 22.8 Å². The van der Waals surface area contributed by atoms with Crippen LogP contribution in [0.5, 0.6) is 0 Å². The molecule has 0 radical (unpaired) electrons. The van der Waals surface area contributed by atoms with Crippen molar-refractivity contribution in [3.8, 4) is 0 Å². The van der Waals surface area contributed by atoms with Gasteiger partial charge in [-0.3, -0.25) is 0 Å². The van der Waals surface area contributed by atoms with Gasteiger partial charge in [-0.25, -0.2) is 39.9 Å². The molecule has 0 aromatic heterocycles. The van der Waals surface area contributed by atoms with E-state index in [-0.39, 0.29) is 0 Å². The van der Waals surface area contributed by atoms with Gasteiger partial charge in [0.2, 0.25) is 0 Å². The minimum Gasteiger partial charge on any atom is -0.226 e. The topological polar surface area (TPSA) is 98.9 Å². The molecule has 0 N–H and O–H groups in total. The van der Waals surface area contributed by atoms with Gasteiger partial charge < -0.3 is 0 Å². The lowest BCUT2D eigenvalue weighted by Crippen LogP contribution is -2.17. The maximum atomic E-state index is 5.23. The summed E-state index contributed by atoms with van der Waals surface area (Å²) >= 11 is 0. The van der Waals surface area contributed by atoms with Crippen LogP contribution in [0.1, 0.15) is 44.5 Å². The van der Waals surface area contributed by atoms with E-state index in [0.29, 0.717) is 23.3 Å². The third-order valence-electron chi connectivity index (χ3n) is 13.2. The third-order valence-corrected chi connectivity index (χ3v) is 13.2. The zero-order valence-corrected chi connectivity index (χ0v) is 39.8. The third kappa shape index (κ3) is 8.52. The second-order valence-corrected chi connectivity index (χ2v) is 17.9. The van der Waals surface area contributed by atoms with Crippen molar-refractivity contribution in [2.45, 2.75) is 0 Å². The second kappa shape index (κ2) is 19.2. The van der Waals surface area contributed by atoms with Gasteiger partial charge in [0, 0.05) is 65.4 Å². The van der Waals surface area contributed by atoms with Gasteiger partial charge in [0.1, 0.15) is 0 Å². The fourth-order valence-corrected chi connectivity index (χ4v) is 9.40. The molecule has 0 atom stereocenters. The molecule has 4 aliphatic heterocycles. The molecule has 9 aromatic rings. The lowest BCUT2D eigenvalue weighted by Gasteiger charge is -2.03. The van der Waals surface area contributed by atoms with E-state index in [1.54, 1.807) is 0 Å². The Kier molecular flexibility index (Phi) is 11.4.